The van der Waals surface area contributed by atoms with Crippen LogP contribution in [0.4, 0.5) is 0 Å². The van der Waals surface area contributed by atoms with E-state index in [9.17, 15) is 0 Å². The Morgan fingerprint density at radius 2 is 1.74 bits per heavy atom. The smallest absolute Gasteiger partial charge is 0.231 e. The van der Waals surface area contributed by atoms with Crippen LogP contribution in [0.1, 0.15) is 49.1 Å². The molecule has 0 saturated heterocycles. The van der Waals surface area contributed by atoms with Crippen molar-refractivity contribution < 1.29 is 9.47 Å². The van der Waals surface area contributed by atoms with Gasteiger partial charge in [-0.1, -0.05) is 31.4 Å². The van der Waals surface area contributed by atoms with Crippen molar-refractivity contribution in [3.8, 4) is 11.5 Å². The molecule has 1 saturated carbocycles. The molecule has 100 valence electrons. The first-order valence-electron chi connectivity index (χ1n) is 7.51. The molecule has 0 N–H and O–H groups in total. The molecule has 1 heterocycles. The SMILES string of the molecule is C1=C[C@@H](C2CCCCC2)c2cc3c(cc2C1)OCO3. The molecule has 0 unspecified atom stereocenters. The second-order valence-corrected chi connectivity index (χ2v) is 5.96. The van der Waals surface area contributed by atoms with Crippen LogP contribution in [0.25, 0.3) is 0 Å². The van der Waals surface area contributed by atoms with Gasteiger partial charge >= 0.3 is 0 Å². The average Bonchev–Trinajstić information content (AvgIpc) is 2.92. The summed E-state index contributed by atoms with van der Waals surface area (Å²) in [7, 11) is 0. The summed E-state index contributed by atoms with van der Waals surface area (Å²) in [6, 6.07) is 4.43. The Kier molecular flexibility index (Phi) is 2.75. The van der Waals surface area contributed by atoms with Gasteiger partial charge in [0.25, 0.3) is 0 Å². The lowest BCUT2D eigenvalue weighted by molar-refractivity contribution is 0.174. The van der Waals surface area contributed by atoms with E-state index in [0.29, 0.717) is 12.7 Å². The minimum Gasteiger partial charge on any atom is -0.454 e. The fraction of sp³-hybridized carbons (Fsp3) is 0.529. The van der Waals surface area contributed by atoms with Gasteiger partial charge in [-0.05, 0) is 48.4 Å². The minimum atomic E-state index is 0.375. The summed E-state index contributed by atoms with van der Waals surface area (Å²) in [5, 5.41) is 0. The summed E-state index contributed by atoms with van der Waals surface area (Å²) < 4.78 is 11.1. The Morgan fingerprint density at radius 1 is 0.947 bits per heavy atom. The van der Waals surface area contributed by atoms with Gasteiger partial charge in [0.15, 0.2) is 11.5 Å². The van der Waals surface area contributed by atoms with Crippen LogP contribution in [-0.2, 0) is 6.42 Å². The maximum absolute atomic E-state index is 5.55. The van der Waals surface area contributed by atoms with Crippen molar-refractivity contribution in [2.75, 3.05) is 6.79 Å². The van der Waals surface area contributed by atoms with Gasteiger partial charge in [0.05, 0.1) is 0 Å². The molecule has 0 bridgehead atoms. The Bertz CT molecular complexity index is 512. The zero-order valence-electron chi connectivity index (χ0n) is 11.2. The summed E-state index contributed by atoms with van der Waals surface area (Å²) >= 11 is 0. The van der Waals surface area contributed by atoms with Crippen LogP contribution in [-0.4, -0.2) is 6.79 Å². The third-order valence-corrected chi connectivity index (χ3v) is 4.83. The molecule has 2 aliphatic carbocycles. The van der Waals surface area contributed by atoms with Crippen LogP contribution >= 0.6 is 0 Å². The highest BCUT2D eigenvalue weighted by Gasteiger charge is 2.28. The molecular weight excluding hydrogens is 236 g/mol. The zero-order chi connectivity index (χ0) is 12.7. The largest absolute Gasteiger partial charge is 0.454 e. The Morgan fingerprint density at radius 3 is 2.58 bits per heavy atom. The molecule has 2 heteroatoms. The molecule has 0 aromatic heterocycles. The van der Waals surface area contributed by atoms with Crippen molar-refractivity contribution in [3.05, 3.63) is 35.4 Å². The quantitative estimate of drug-likeness (QED) is 0.701. The predicted molar refractivity (Wildman–Crippen MR) is 74.7 cm³/mol. The average molecular weight is 256 g/mol. The Balaban J connectivity index is 1.71. The van der Waals surface area contributed by atoms with E-state index in [-0.39, 0.29) is 0 Å². The molecule has 4 rings (SSSR count). The maximum Gasteiger partial charge on any atom is 0.231 e. The molecule has 1 aromatic rings. The number of fused-ring (bicyclic) bond motifs is 2. The predicted octanol–water partition coefficient (Wildman–Crippen LogP) is 4.19. The van der Waals surface area contributed by atoms with E-state index in [2.05, 4.69) is 24.3 Å². The second-order valence-electron chi connectivity index (χ2n) is 5.96. The molecule has 1 aliphatic heterocycles. The van der Waals surface area contributed by atoms with Crippen molar-refractivity contribution in [2.45, 2.75) is 44.4 Å². The van der Waals surface area contributed by atoms with Crippen molar-refractivity contribution in [3.63, 3.8) is 0 Å². The molecule has 0 spiro atoms. The molecule has 1 aromatic carbocycles. The van der Waals surface area contributed by atoms with Crippen molar-refractivity contribution in [1.82, 2.24) is 0 Å². The van der Waals surface area contributed by atoms with Crippen LogP contribution in [0.2, 0.25) is 0 Å². The van der Waals surface area contributed by atoms with Gasteiger partial charge in [0, 0.05) is 5.92 Å². The van der Waals surface area contributed by atoms with Gasteiger partial charge in [-0.2, -0.15) is 0 Å². The van der Waals surface area contributed by atoms with Crippen LogP contribution in [0, 0.1) is 5.92 Å². The summed E-state index contributed by atoms with van der Waals surface area (Å²) in [6.07, 6.45) is 12.8. The first-order chi connectivity index (χ1) is 9.42. The van der Waals surface area contributed by atoms with Crippen molar-refractivity contribution in [1.29, 1.82) is 0 Å². The molecule has 2 nitrogen and oxygen atoms in total. The molecule has 0 radical (unpaired) electrons. The lowest BCUT2D eigenvalue weighted by atomic mass is 9.73. The number of hydrogen-bond acceptors (Lipinski definition) is 2. The van der Waals surface area contributed by atoms with Gasteiger partial charge in [0.1, 0.15) is 0 Å². The Labute approximate surface area is 114 Å². The van der Waals surface area contributed by atoms with Gasteiger partial charge < -0.3 is 9.47 Å². The standard InChI is InChI=1S/C17H20O2/c1-2-5-12(6-3-1)14-8-4-7-13-9-16-17(10-15(13)14)19-11-18-16/h4,8-10,12,14H,1-3,5-7,11H2/t14-/m0/s1. The lowest BCUT2D eigenvalue weighted by Gasteiger charge is -2.31. The normalized spacial score (nSPS) is 25.4. The van der Waals surface area contributed by atoms with Crippen LogP contribution in [0.5, 0.6) is 11.5 Å². The number of allylic oxidation sites excluding steroid dienone is 2. The van der Waals surface area contributed by atoms with E-state index in [4.69, 9.17) is 9.47 Å². The summed E-state index contributed by atoms with van der Waals surface area (Å²) in [5.41, 5.74) is 2.92. The number of benzene rings is 1. The van der Waals surface area contributed by atoms with Crippen LogP contribution in [0.15, 0.2) is 24.3 Å². The molecule has 1 atom stereocenters. The number of ether oxygens (including phenoxy) is 2. The minimum absolute atomic E-state index is 0.375. The van der Waals surface area contributed by atoms with Crippen molar-refractivity contribution in [2.24, 2.45) is 5.92 Å². The third kappa shape index (κ3) is 1.94. The maximum atomic E-state index is 5.55. The fourth-order valence-electron chi connectivity index (χ4n) is 3.84. The van der Waals surface area contributed by atoms with E-state index in [1.54, 1.807) is 0 Å². The first kappa shape index (κ1) is 11.4. The second kappa shape index (κ2) is 4.59. The highest BCUT2D eigenvalue weighted by molar-refractivity contribution is 5.52. The van der Waals surface area contributed by atoms with Crippen molar-refractivity contribution >= 4 is 0 Å². The van der Waals surface area contributed by atoms with Gasteiger partial charge in [-0.15, -0.1) is 0 Å². The molecule has 3 aliphatic rings. The topological polar surface area (TPSA) is 18.5 Å². The van der Waals surface area contributed by atoms with Gasteiger partial charge in [-0.3, -0.25) is 0 Å². The molecule has 0 amide bonds. The highest BCUT2D eigenvalue weighted by atomic mass is 16.7. The summed E-state index contributed by atoms with van der Waals surface area (Å²) in [4.78, 5) is 0. The molecular formula is C17H20O2. The first-order valence-corrected chi connectivity index (χ1v) is 7.51. The van der Waals surface area contributed by atoms with E-state index in [1.807, 2.05) is 0 Å². The summed E-state index contributed by atoms with van der Waals surface area (Å²) in [5.74, 6) is 3.29. The zero-order valence-corrected chi connectivity index (χ0v) is 11.2. The lowest BCUT2D eigenvalue weighted by Crippen LogP contribution is -2.18. The van der Waals surface area contributed by atoms with Gasteiger partial charge in [0.2, 0.25) is 6.79 Å². The number of rotatable bonds is 1. The van der Waals surface area contributed by atoms with Gasteiger partial charge in [-0.25, -0.2) is 0 Å². The molecule has 19 heavy (non-hydrogen) atoms. The number of hydrogen-bond donors (Lipinski definition) is 0. The van der Waals surface area contributed by atoms with Crippen LogP contribution < -0.4 is 9.47 Å². The highest BCUT2D eigenvalue weighted by Crippen LogP contribution is 2.44. The third-order valence-electron chi connectivity index (χ3n) is 4.83. The van der Waals surface area contributed by atoms with E-state index in [0.717, 1.165) is 23.8 Å². The van der Waals surface area contributed by atoms with E-state index in [1.165, 1.54) is 43.2 Å². The summed E-state index contributed by atoms with van der Waals surface area (Å²) in [6.45, 7) is 0.375. The fourth-order valence-corrected chi connectivity index (χ4v) is 3.84. The Hall–Kier alpha value is -1.44. The molecule has 1 fully saturated rings. The van der Waals surface area contributed by atoms with E-state index >= 15 is 0 Å². The van der Waals surface area contributed by atoms with Crippen LogP contribution in [0.3, 0.4) is 0 Å². The monoisotopic (exact) mass is 256 g/mol. The van der Waals surface area contributed by atoms with E-state index < -0.39 is 0 Å².